The van der Waals surface area contributed by atoms with Crippen LogP contribution in [0, 0.1) is 0 Å². The molecule has 1 saturated carbocycles. The summed E-state index contributed by atoms with van der Waals surface area (Å²) in [7, 11) is 1.63. The zero-order chi connectivity index (χ0) is 23.9. The summed E-state index contributed by atoms with van der Waals surface area (Å²) in [6.45, 7) is 4.38. The Morgan fingerprint density at radius 2 is 1.82 bits per heavy atom. The maximum absolute atomic E-state index is 14.0. The molecular formula is C28H33N3O3. The first-order valence-electron chi connectivity index (χ1n) is 12.4. The number of carbonyl (C=O) groups excluding carboxylic acids is 2. The molecule has 0 bridgehead atoms. The van der Waals surface area contributed by atoms with Crippen molar-refractivity contribution in [3.63, 3.8) is 0 Å². The fraction of sp³-hybridized carbons (Fsp3) is 0.429. The van der Waals surface area contributed by atoms with E-state index in [0.29, 0.717) is 12.2 Å². The van der Waals surface area contributed by atoms with Crippen molar-refractivity contribution in [3.05, 3.63) is 59.8 Å². The second-order valence-electron chi connectivity index (χ2n) is 9.78. The smallest absolute Gasteiger partial charge is 0.275 e. The van der Waals surface area contributed by atoms with E-state index in [2.05, 4.69) is 12.2 Å². The van der Waals surface area contributed by atoms with Crippen molar-refractivity contribution in [2.24, 2.45) is 0 Å². The molecule has 5 rings (SSSR count). The van der Waals surface area contributed by atoms with Crippen LogP contribution in [-0.2, 0) is 17.8 Å². The Morgan fingerprint density at radius 3 is 2.50 bits per heavy atom. The second kappa shape index (κ2) is 8.82. The topological polar surface area (TPSA) is 63.6 Å². The predicted octanol–water partition coefficient (Wildman–Crippen LogP) is 5.08. The van der Waals surface area contributed by atoms with Gasteiger partial charge in [-0.25, -0.2) is 0 Å². The van der Waals surface area contributed by atoms with Gasteiger partial charge in [-0.15, -0.1) is 0 Å². The fourth-order valence-electron chi connectivity index (χ4n) is 5.47. The number of benzene rings is 2. The van der Waals surface area contributed by atoms with Crippen LogP contribution in [0.15, 0.2) is 48.5 Å². The maximum atomic E-state index is 14.0. The van der Waals surface area contributed by atoms with E-state index in [0.717, 1.165) is 54.4 Å². The van der Waals surface area contributed by atoms with Crippen molar-refractivity contribution >= 4 is 28.4 Å². The summed E-state index contributed by atoms with van der Waals surface area (Å²) in [6.07, 6.45) is 6.40. The molecule has 2 aromatic carbocycles. The van der Waals surface area contributed by atoms with Crippen molar-refractivity contribution in [1.82, 2.24) is 9.88 Å². The Morgan fingerprint density at radius 1 is 1.09 bits per heavy atom. The number of ether oxygens (including phenoxy) is 1. The van der Waals surface area contributed by atoms with E-state index in [1.54, 1.807) is 12.0 Å². The Labute approximate surface area is 200 Å². The molecule has 0 unspecified atom stereocenters. The predicted molar refractivity (Wildman–Crippen MR) is 135 cm³/mol. The van der Waals surface area contributed by atoms with Crippen molar-refractivity contribution < 1.29 is 14.3 Å². The lowest BCUT2D eigenvalue weighted by atomic mass is 9.91. The van der Waals surface area contributed by atoms with Crippen LogP contribution in [0.5, 0.6) is 5.75 Å². The summed E-state index contributed by atoms with van der Waals surface area (Å²) >= 11 is 0. The third-order valence-corrected chi connectivity index (χ3v) is 7.53. The van der Waals surface area contributed by atoms with Gasteiger partial charge in [-0.05, 0) is 62.1 Å². The van der Waals surface area contributed by atoms with E-state index in [4.69, 9.17) is 4.74 Å². The highest BCUT2D eigenvalue weighted by Crippen LogP contribution is 2.37. The number of amides is 2. The lowest BCUT2D eigenvalue weighted by Crippen LogP contribution is -2.65. The molecule has 1 aliphatic heterocycles. The van der Waals surface area contributed by atoms with Gasteiger partial charge in [0.15, 0.2) is 0 Å². The summed E-state index contributed by atoms with van der Waals surface area (Å²) in [5.41, 5.74) is 2.37. The summed E-state index contributed by atoms with van der Waals surface area (Å²) in [4.78, 5) is 29.6. The van der Waals surface area contributed by atoms with Crippen LogP contribution >= 0.6 is 0 Å². The average molecular weight is 460 g/mol. The molecule has 0 spiro atoms. The van der Waals surface area contributed by atoms with E-state index in [1.807, 2.05) is 60.0 Å². The van der Waals surface area contributed by atoms with Crippen LogP contribution in [0.4, 0.5) is 5.69 Å². The summed E-state index contributed by atoms with van der Waals surface area (Å²) in [6, 6.07) is 15.9. The largest absolute Gasteiger partial charge is 0.497 e. The highest BCUT2D eigenvalue weighted by atomic mass is 16.5. The number of hydrogen-bond acceptors (Lipinski definition) is 3. The highest BCUT2D eigenvalue weighted by molar-refractivity contribution is 6.14. The van der Waals surface area contributed by atoms with Gasteiger partial charge in [0, 0.05) is 23.2 Å². The number of methoxy groups -OCH3 is 1. The Balaban J connectivity index is 1.61. The highest BCUT2D eigenvalue weighted by Gasteiger charge is 2.49. The molecule has 6 heteroatoms. The number of fused-ring (bicyclic) bond motifs is 3. The molecule has 1 fully saturated rings. The van der Waals surface area contributed by atoms with Gasteiger partial charge < -0.3 is 14.6 Å². The average Bonchev–Trinajstić information content (AvgIpc) is 3.22. The zero-order valence-electron chi connectivity index (χ0n) is 20.3. The normalized spacial score (nSPS) is 20.9. The zero-order valence-corrected chi connectivity index (χ0v) is 20.3. The van der Waals surface area contributed by atoms with Gasteiger partial charge >= 0.3 is 0 Å². The first kappa shape index (κ1) is 22.5. The molecule has 1 atom stereocenters. The van der Waals surface area contributed by atoms with Crippen molar-refractivity contribution in [2.75, 3.05) is 12.0 Å². The molecule has 2 amide bonds. The van der Waals surface area contributed by atoms with E-state index in [-0.39, 0.29) is 17.9 Å². The molecule has 0 radical (unpaired) electrons. The van der Waals surface area contributed by atoms with Gasteiger partial charge in [0.2, 0.25) is 5.91 Å². The standard InChI is InChI=1S/C28H33N3O3/c1-4-19-10-13-22(14-11-19)31-26(32)25-16-20-12-15-23(34-3)17-24(20)30(25)18-28(31,2)27(33)29-21-8-6-5-7-9-21/h10-17,21H,4-9,18H2,1-3H3,(H,29,33)/t28-/m0/s1. The van der Waals surface area contributed by atoms with Crippen LogP contribution in [0.1, 0.15) is 62.0 Å². The lowest BCUT2D eigenvalue weighted by Gasteiger charge is -2.44. The van der Waals surface area contributed by atoms with E-state index in [1.165, 1.54) is 12.0 Å². The number of aryl methyl sites for hydroxylation is 1. The third-order valence-electron chi connectivity index (χ3n) is 7.53. The Bertz CT molecular complexity index is 1220. The number of nitrogens with one attached hydrogen (secondary N) is 1. The minimum atomic E-state index is -1.07. The van der Waals surface area contributed by atoms with E-state index in [9.17, 15) is 9.59 Å². The van der Waals surface area contributed by atoms with Crippen LogP contribution in [-0.4, -0.2) is 35.1 Å². The quantitative estimate of drug-likeness (QED) is 0.579. The molecule has 34 heavy (non-hydrogen) atoms. The van der Waals surface area contributed by atoms with Gasteiger partial charge in [0.1, 0.15) is 17.0 Å². The summed E-state index contributed by atoms with van der Waals surface area (Å²) in [5.74, 6) is 0.474. The summed E-state index contributed by atoms with van der Waals surface area (Å²) in [5, 5.41) is 4.26. The third kappa shape index (κ3) is 3.75. The first-order chi connectivity index (χ1) is 16.4. The fourth-order valence-corrected chi connectivity index (χ4v) is 5.47. The SMILES string of the molecule is CCc1ccc(N2C(=O)c3cc4ccc(OC)cc4n3C[C@@]2(C)C(=O)NC2CCCCC2)cc1. The maximum Gasteiger partial charge on any atom is 0.275 e. The van der Waals surface area contributed by atoms with Crippen molar-refractivity contribution in [1.29, 1.82) is 0 Å². The van der Waals surface area contributed by atoms with Crippen molar-refractivity contribution in [2.45, 2.75) is 70.5 Å². The Hall–Kier alpha value is -3.28. The van der Waals surface area contributed by atoms with Crippen LogP contribution < -0.4 is 15.0 Å². The molecule has 6 nitrogen and oxygen atoms in total. The van der Waals surface area contributed by atoms with Gasteiger partial charge in [0.05, 0.1) is 19.2 Å². The molecule has 1 N–H and O–H groups in total. The molecule has 1 aliphatic carbocycles. The number of hydrogen-bond donors (Lipinski definition) is 1. The molecule has 2 aliphatic rings. The Kier molecular flexibility index (Phi) is 5.84. The minimum absolute atomic E-state index is 0.0947. The van der Waals surface area contributed by atoms with Gasteiger partial charge in [-0.2, -0.15) is 0 Å². The van der Waals surface area contributed by atoms with Crippen LogP contribution in [0.25, 0.3) is 10.9 Å². The lowest BCUT2D eigenvalue weighted by molar-refractivity contribution is -0.127. The van der Waals surface area contributed by atoms with E-state index < -0.39 is 5.54 Å². The van der Waals surface area contributed by atoms with Gasteiger partial charge in [-0.3, -0.25) is 14.5 Å². The van der Waals surface area contributed by atoms with Gasteiger partial charge in [0.25, 0.3) is 5.91 Å². The van der Waals surface area contributed by atoms with E-state index >= 15 is 0 Å². The number of anilines is 1. The van der Waals surface area contributed by atoms with Gasteiger partial charge in [-0.1, -0.05) is 38.3 Å². The molecule has 3 aromatic rings. The number of rotatable bonds is 5. The monoisotopic (exact) mass is 459 g/mol. The molecule has 178 valence electrons. The van der Waals surface area contributed by atoms with Crippen molar-refractivity contribution in [3.8, 4) is 5.75 Å². The number of nitrogens with zero attached hydrogens (tertiary/aromatic N) is 2. The molecule has 0 saturated heterocycles. The summed E-state index contributed by atoms with van der Waals surface area (Å²) < 4.78 is 7.42. The van der Waals surface area contributed by atoms with Crippen LogP contribution in [0.2, 0.25) is 0 Å². The number of aromatic nitrogens is 1. The first-order valence-corrected chi connectivity index (χ1v) is 12.4. The second-order valence-corrected chi connectivity index (χ2v) is 9.78. The minimum Gasteiger partial charge on any atom is -0.497 e. The molecule has 1 aromatic heterocycles. The van der Waals surface area contributed by atoms with Crippen LogP contribution in [0.3, 0.4) is 0 Å². The molecular weight excluding hydrogens is 426 g/mol. The number of carbonyl (C=O) groups is 2. The molecule has 2 heterocycles.